The number of nitrogens with one attached hydrogen (secondary N) is 1. The third kappa shape index (κ3) is 5.55. The first-order chi connectivity index (χ1) is 9.60. The first kappa shape index (κ1) is 17.2. The zero-order valence-corrected chi connectivity index (χ0v) is 13.0. The normalized spacial score (nSPS) is 14.2. The molecule has 0 saturated carbocycles. The highest BCUT2D eigenvalue weighted by atomic mass is 32.2. The van der Waals surface area contributed by atoms with Crippen molar-refractivity contribution in [2.45, 2.75) is 26.2 Å². The molecule has 116 valence electrons. The van der Waals surface area contributed by atoms with E-state index < -0.39 is 33.7 Å². The van der Waals surface area contributed by atoms with Crippen molar-refractivity contribution < 1.29 is 23.1 Å². The number of hydrogen-bond donors (Lipinski definition) is 2. The smallest absolute Gasteiger partial charge is 0.306 e. The molecule has 21 heavy (non-hydrogen) atoms. The highest BCUT2D eigenvalue weighted by Crippen LogP contribution is 2.18. The van der Waals surface area contributed by atoms with Crippen LogP contribution in [0.5, 0.6) is 0 Å². The molecule has 0 spiro atoms. The lowest BCUT2D eigenvalue weighted by Crippen LogP contribution is -2.32. The summed E-state index contributed by atoms with van der Waals surface area (Å²) in [7, 11) is -3.57. The number of hydrogen-bond acceptors (Lipinski definition) is 4. The fourth-order valence-electron chi connectivity index (χ4n) is 1.81. The molecule has 1 aromatic carbocycles. The standard InChI is InChI=1S/C14H19NO5S/c1-9(14(17)18)8-11-4-6-12(7-5-11)10(2)13(16)15-21(3,19)20/h4-7,9-10H,8H2,1-3H3,(H,15,16)(H,17,18)/t9-,10+/m0/s1. The van der Waals surface area contributed by atoms with Gasteiger partial charge < -0.3 is 5.11 Å². The molecule has 7 heteroatoms. The molecule has 0 radical (unpaired) electrons. The predicted molar refractivity (Wildman–Crippen MR) is 78.3 cm³/mol. The van der Waals surface area contributed by atoms with E-state index in [1.165, 1.54) is 0 Å². The summed E-state index contributed by atoms with van der Waals surface area (Å²) < 4.78 is 24.0. The number of rotatable bonds is 6. The SMILES string of the molecule is C[C@@H](Cc1ccc([C@@H](C)C(=O)NS(C)(=O)=O)cc1)C(=O)O. The molecule has 0 aliphatic heterocycles. The second kappa shape index (κ2) is 6.71. The quantitative estimate of drug-likeness (QED) is 0.820. The number of carbonyl (C=O) groups excluding carboxylic acids is 1. The van der Waals surface area contributed by atoms with Gasteiger partial charge in [0.2, 0.25) is 15.9 Å². The summed E-state index contributed by atoms with van der Waals surface area (Å²) in [6, 6.07) is 6.91. The number of carbonyl (C=O) groups is 2. The Hall–Kier alpha value is -1.89. The molecule has 6 nitrogen and oxygen atoms in total. The highest BCUT2D eigenvalue weighted by molar-refractivity contribution is 7.89. The van der Waals surface area contributed by atoms with Crippen molar-refractivity contribution >= 4 is 21.9 Å². The van der Waals surface area contributed by atoms with E-state index in [2.05, 4.69) is 0 Å². The van der Waals surface area contributed by atoms with Crippen LogP contribution in [-0.2, 0) is 26.0 Å². The minimum absolute atomic E-state index is 0.402. The van der Waals surface area contributed by atoms with Gasteiger partial charge >= 0.3 is 5.97 Å². The van der Waals surface area contributed by atoms with Crippen LogP contribution in [0.2, 0.25) is 0 Å². The minimum atomic E-state index is -3.57. The molecule has 0 aliphatic carbocycles. The van der Waals surface area contributed by atoms with Crippen molar-refractivity contribution in [1.29, 1.82) is 0 Å². The van der Waals surface area contributed by atoms with Crippen molar-refractivity contribution in [3.8, 4) is 0 Å². The van der Waals surface area contributed by atoms with Gasteiger partial charge in [-0.05, 0) is 24.5 Å². The van der Waals surface area contributed by atoms with E-state index >= 15 is 0 Å². The second-order valence-corrected chi connectivity index (χ2v) is 6.89. The van der Waals surface area contributed by atoms with Crippen LogP contribution in [0.25, 0.3) is 0 Å². The van der Waals surface area contributed by atoms with Crippen LogP contribution in [0.3, 0.4) is 0 Å². The molecule has 1 rings (SSSR count). The van der Waals surface area contributed by atoms with Gasteiger partial charge in [-0.3, -0.25) is 14.3 Å². The zero-order valence-electron chi connectivity index (χ0n) is 12.2. The maximum absolute atomic E-state index is 11.7. The Morgan fingerprint density at radius 3 is 2.14 bits per heavy atom. The number of amides is 1. The molecule has 0 aliphatic rings. The Morgan fingerprint density at radius 2 is 1.71 bits per heavy atom. The lowest BCUT2D eigenvalue weighted by molar-refractivity contribution is -0.141. The lowest BCUT2D eigenvalue weighted by Gasteiger charge is -2.12. The van der Waals surface area contributed by atoms with Crippen molar-refractivity contribution in [2.75, 3.05) is 6.26 Å². The molecule has 1 amide bonds. The monoisotopic (exact) mass is 313 g/mol. The third-order valence-electron chi connectivity index (χ3n) is 3.12. The Kier molecular flexibility index (Phi) is 5.48. The molecule has 2 atom stereocenters. The maximum Gasteiger partial charge on any atom is 0.306 e. The van der Waals surface area contributed by atoms with Crippen molar-refractivity contribution in [2.24, 2.45) is 5.92 Å². The van der Waals surface area contributed by atoms with Crippen LogP contribution in [0, 0.1) is 5.92 Å². The first-order valence-electron chi connectivity index (χ1n) is 6.43. The summed E-state index contributed by atoms with van der Waals surface area (Å²) in [4.78, 5) is 22.5. The number of sulfonamides is 1. The largest absolute Gasteiger partial charge is 0.481 e. The van der Waals surface area contributed by atoms with Crippen molar-refractivity contribution in [3.05, 3.63) is 35.4 Å². The molecule has 0 saturated heterocycles. The van der Waals surface area contributed by atoms with E-state index in [1.807, 2.05) is 4.72 Å². The van der Waals surface area contributed by atoms with E-state index in [1.54, 1.807) is 38.1 Å². The van der Waals surface area contributed by atoms with E-state index in [0.717, 1.165) is 11.8 Å². The van der Waals surface area contributed by atoms with E-state index in [4.69, 9.17) is 5.11 Å². The van der Waals surface area contributed by atoms with Gasteiger partial charge in [0.05, 0.1) is 18.1 Å². The van der Waals surface area contributed by atoms with Gasteiger partial charge in [-0.1, -0.05) is 31.2 Å². The summed E-state index contributed by atoms with van der Waals surface area (Å²) in [5.74, 6) is -2.54. The summed E-state index contributed by atoms with van der Waals surface area (Å²) >= 11 is 0. The van der Waals surface area contributed by atoms with Gasteiger partial charge in [0.15, 0.2) is 0 Å². The van der Waals surface area contributed by atoms with Gasteiger partial charge in [-0.25, -0.2) is 8.42 Å². The molecule has 0 unspecified atom stereocenters. The average Bonchev–Trinajstić information content (AvgIpc) is 2.36. The average molecular weight is 313 g/mol. The second-order valence-electron chi connectivity index (χ2n) is 5.15. The topological polar surface area (TPSA) is 101 Å². The molecule has 1 aromatic rings. The van der Waals surface area contributed by atoms with Crippen LogP contribution in [-0.4, -0.2) is 31.7 Å². The van der Waals surface area contributed by atoms with E-state index in [-0.39, 0.29) is 0 Å². The van der Waals surface area contributed by atoms with E-state index in [9.17, 15) is 18.0 Å². The third-order valence-corrected chi connectivity index (χ3v) is 3.69. The Balaban J connectivity index is 2.78. The molecular weight excluding hydrogens is 294 g/mol. The van der Waals surface area contributed by atoms with Gasteiger partial charge in [-0.2, -0.15) is 0 Å². The molecule has 0 aromatic heterocycles. The predicted octanol–water partition coefficient (Wildman–Crippen LogP) is 1.13. The fourth-order valence-corrected chi connectivity index (χ4v) is 2.35. The van der Waals surface area contributed by atoms with Crippen LogP contribution in [0.1, 0.15) is 30.9 Å². The van der Waals surface area contributed by atoms with Gasteiger partial charge in [0.25, 0.3) is 0 Å². The molecule has 2 N–H and O–H groups in total. The molecule has 0 heterocycles. The molecule has 0 fully saturated rings. The van der Waals surface area contributed by atoms with Gasteiger partial charge in [-0.15, -0.1) is 0 Å². The number of aliphatic carboxylic acids is 1. The summed E-state index contributed by atoms with van der Waals surface area (Å²) in [5, 5.41) is 8.86. The maximum atomic E-state index is 11.7. The minimum Gasteiger partial charge on any atom is -0.481 e. The van der Waals surface area contributed by atoms with Crippen LogP contribution in [0.4, 0.5) is 0 Å². The first-order valence-corrected chi connectivity index (χ1v) is 8.32. The number of carboxylic acids is 1. The summed E-state index contributed by atoms with van der Waals surface area (Å²) in [5.41, 5.74) is 1.52. The van der Waals surface area contributed by atoms with Crippen molar-refractivity contribution in [1.82, 2.24) is 4.72 Å². The van der Waals surface area contributed by atoms with Crippen LogP contribution < -0.4 is 4.72 Å². The number of benzene rings is 1. The Labute approximate surface area is 124 Å². The molecule has 0 bridgehead atoms. The van der Waals surface area contributed by atoms with Crippen LogP contribution in [0.15, 0.2) is 24.3 Å². The molecular formula is C14H19NO5S. The van der Waals surface area contributed by atoms with E-state index in [0.29, 0.717) is 12.0 Å². The van der Waals surface area contributed by atoms with Gasteiger partial charge in [0.1, 0.15) is 0 Å². The Morgan fingerprint density at radius 1 is 1.19 bits per heavy atom. The zero-order chi connectivity index (χ0) is 16.2. The Bertz CT molecular complexity index is 621. The summed E-state index contributed by atoms with van der Waals surface area (Å²) in [6.45, 7) is 3.23. The highest BCUT2D eigenvalue weighted by Gasteiger charge is 2.18. The number of carboxylic acid groups (broad SMARTS) is 1. The fraction of sp³-hybridized carbons (Fsp3) is 0.429. The van der Waals surface area contributed by atoms with Gasteiger partial charge in [0, 0.05) is 0 Å². The van der Waals surface area contributed by atoms with Crippen LogP contribution >= 0.6 is 0 Å². The summed E-state index contributed by atoms with van der Waals surface area (Å²) in [6.07, 6.45) is 1.33. The van der Waals surface area contributed by atoms with Crippen molar-refractivity contribution in [3.63, 3.8) is 0 Å². The lowest BCUT2D eigenvalue weighted by atomic mass is 9.96.